The number of fused-ring (bicyclic) bond motifs is 1. The van der Waals surface area contributed by atoms with Crippen LogP contribution in [0.15, 0.2) is 36.4 Å². The number of amides is 2. The Morgan fingerprint density at radius 2 is 1.79 bits per heavy atom. The van der Waals surface area contributed by atoms with Crippen LogP contribution in [0.3, 0.4) is 0 Å². The lowest BCUT2D eigenvalue weighted by Gasteiger charge is -2.75. The molecule has 2 amide bonds. The van der Waals surface area contributed by atoms with Crippen LogP contribution in [0.5, 0.6) is 0 Å². The van der Waals surface area contributed by atoms with Crippen molar-refractivity contribution in [1.82, 2.24) is 5.32 Å². The van der Waals surface area contributed by atoms with E-state index >= 15 is 0 Å². The topological polar surface area (TPSA) is 78.4 Å². The summed E-state index contributed by atoms with van der Waals surface area (Å²) in [7, 11) is 0. The summed E-state index contributed by atoms with van der Waals surface area (Å²) in [5.41, 5.74) is 0.946. The number of carbonyl (C=O) groups excluding carboxylic acids is 2. The molecule has 1 atom stereocenters. The minimum atomic E-state index is -0.642. The summed E-state index contributed by atoms with van der Waals surface area (Å²) in [5, 5.41) is 18.0. The summed E-state index contributed by atoms with van der Waals surface area (Å²) in [6.45, 7) is 0. The third-order valence-corrected chi connectivity index (χ3v) is 9.54. The van der Waals surface area contributed by atoms with Gasteiger partial charge in [0.2, 0.25) is 5.91 Å². The summed E-state index contributed by atoms with van der Waals surface area (Å²) in [4.78, 5) is 26.1. The minimum Gasteiger partial charge on any atom is -0.389 e. The zero-order valence-electron chi connectivity index (χ0n) is 18.7. The highest BCUT2D eigenvalue weighted by atomic mass is 35.5. The van der Waals surface area contributed by atoms with E-state index in [9.17, 15) is 19.1 Å². The van der Waals surface area contributed by atoms with Crippen molar-refractivity contribution in [3.05, 3.63) is 63.9 Å². The van der Waals surface area contributed by atoms with Crippen LogP contribution >= 0.6 is 11.6 Å². The molecule has 1 unspecified atom stereocenters. The SMILES string of the molecule is O=C1NC(c2cc(F)ccc2Cl)c2c(NC(=O)C34CC(C(O)(C5CC5)C5CC5)(C3)C4)cccc21. The fourth-order valence-corrected chi connectivity index (χ4v) is 7.61. The third-order valence-electron chi connectivity index (χ3n) is 9.19. The Hall–Kier alpha value is -2.44. The lowest BCUT2D eigenvalue weighted by atomic mass is 9.29. The summed E-state index contributed by atoms with van der Waals surface area (Å²) in [6.07, 6.45) is 6.64. The molecule has 1 heterocycles. The van der Waals surface area contributed by atoms with Gasteiger partial charge in [-0.3, -0.25) is 9.59 Å². The molecule has 5 saturated carbocycles. The maximum atomic E-state index is 14.0. The van der Waals surface area contributed by atoms with Gasteiger partial charge in [0.05, 0.1) is 17.1 Å². The maximum absolute atomic E-state index is 14.0. The maximum Gasteiger partial charge on any atom is 0.252 e. The van der Waals surface area contributed by atoms with Gasteiger partial charge in [-0.2, -0.15) is 0 Å². The van der Waals surface area contributed by atoms with E-state index in [1.54, 1.807) is 18.2 Å². The number of carbonyl (C=O) groups is 2. The first kappa shape index (κ1) is 20.9. The predicted molar refractivity (Wildman–Crippen MR) is 125 cm³/mol. The molecule has 6 aliphatic rings. The molecule has 5 fully saturated rings. The molecule has 176 valence electrons. The zero-order valence-corrected chi connectivity index (χ0v) is 19.4. The second-order valence-electron chi connectivity index (χ2n) is 11.3. The number of halogens is 2. The Kier molecular flexibility index (Phi) is 4.06. The van der Waals surface area contributed by atoms with Gasteiger partial charge in [0.25, 0.3) is 5.91 Å². The Morgan fingerprint density at radius 3 is 2.44 bits per heavy atom. The lowest BCUT2D eigenvalue weighted by molar-refractivity contribution is -0.296. The fraction of sp³-hybridized carbons (Fsp3) is 0.481. The molecule has 0 radical (unpaired) electrons. The Morgan fingerprint density at radius 1 is 1.12 bits per heavy atom. The molecule has 7 heteroatoms. The second-order valence-corrected chi connectivity index (χ2v) is 11.7. The van der Waals surface area contributed by atoms with E-state index in [2.05, 4.69) is 10.6 Å². The van der Waals surface area contributed by atoms with Crippen molar-refractivity contribution in [3.8, 4) is 0 Å². The van der Waals surface area contributed by atoms with Crippen LogP contribution in [0.25, 0.3) is 0 Å². The highest BCUT2D eigenvalue weighted by Gasteiger charge is 2.81. The van der Waals surface area contributed by atoms with E-state index in [1.807, 2.05) is 0 Å². The first-order valence-corrected chi connectivity index (χ1v) is 12.6. The van der Waals surface area contributed by atoms with E-state index in [1.165, 1.54) is 18.2 Å². The second kappa shape index (κ2) is 6.61. The standard InChI is InChI=1S/C27H26ClFN2O3/c28-19-9-8-16(29)10-18(19)22-21-17(23(32)31-22)2-1-3-20(21)30-24(33)25-11-26(12-25,13-25)27(34,14-4-5-14)15-6-7-15/h1-3,8-10,14-15,22,34H,4-7,11-13H2,(H,30,33)(H,31,32). The Labute approximate surface area is 202 Å². The number of nitrogens with one attached hydrogen (secondary N) is 2. The highest BCUT2D eigenvalue weighted by molar-refractivity contribution is 6.31. The Bertz CT molecular complexity index is 1240. The van der Waals surface area contributed by atoms with Crippen LogP contribution < -0.4 is 10.6 Å². The number of hydrogen-bond acceptors (Lipinski definition) is 3. The van der Waals surface area contributed by atoms with Gasteiger partial charge >= 0.3 is 0 Å². The van der Waals surface area contributed by atoms with Crippen molar-refractivity contribution < 1.29 is 19.1 Å². The van der Waals surface area contributed by atoms with Crippen LogP contribution in [-0.2, 0) is 4.79 Å². The largest absolute Gasteiger partial charge is 0.389 e. The highest BCUT2D eigenvalue weighted by Crippen LogP contribution is 2.82. The molecule has 5 aliphatic carbocycles. The van der Waals surface area contributed by atoms with Crippen molar-refractivity contribution in [1.29, 1.82) is 0 Å². The normalized spacial score (nSPS) is 31.3. The molecule has 0 saturated heterocycles. The number of aliphatic hydroxyl groups is 1. The van der Waals surface area contributed by atoms with Gasteiger partial charge in [0.15, 0.2) is 0 Å². The van der Waals surface area contributed by atoms with E-state index in [0.717, 1.165) is 44.9 Å². The van der Waals surface area contributed by atoms with E-state index < -0.39 is 22.9 Å². The van der Waals surface area contributed by atoms with Crippen molar-refractivity contribution in [3.63, 3.8) is 0 Å². The van der Waals surface area contributed by atoms with Crippen molar-refractivity contribution in [2.24, 2.45) is 22.7 Å². The summed E-state index contributed by atoms with van der Waals surface area (Å²) < 4.78 is 14.0. The van der Waals surface area contributed by atoms with E-state index in [4.69, 9.17) is 11.6 Å². The van der Waals surface area contributed by atoms with Gasteiger partial charge in [-0.05, 0) is 87.1 Å². The van der Waals surface area contributed by atoms with Crippen LogP contribution in [-0.4, -0.2) is 22.5 Å². The van der Waals surface area contributed by atoms with E-state index in [0.29, 0.717) is 39.2 Å². The molecular formula is C27H26ClFN2O3. The molecular weight excluding hydrogens is 455 g/mol. The molecule has 8 rings (SSSR count). The molecule has 1 aliphatic heterocycles. The minimum absolute atomic E-state index is 0.0554. The van der Waals surface area contributed by atoms with Gasteiger partial charge in [-0.15, -0.1) is 0 Å². The van der Waals surface area contributed by atoms with Gasteiger partial charge < -0.3 is 15.7 Å². The Balaban J connectivity index is 1.16. The van der Waals surface area contributed by atoms with Crippen LogP contribution in [0, 0.1) is 28.5 Å². The average molecular weight is 481 g/mol. The summed E-state index contributed by atoms with van der Waals surface area (Å²) in [5.74, 6) is 0.0433. The van der Waals surface area contributed by atoms with Crippen molar-refractivity contribution in [2.75, 3.05) is 5.32 Å². The molecule has 3 N–H and O–H groups in total. The quantitative estimate of drug-likeness (QED) is 0.546. The zero-order chi connectivity index (χ0) is 23.5. The van der Waals surface area contributed by atoms with Gasteiger partial charge in [0.1, 0.15) is 5.82 Å². The molecule has 2 aromatic carbocycles. The molecule has 34 heavy (non-hydrogen) atoms. The summed E-state index contributed by atoms with van der Waals surface area (Å²) >= 11 is 6.35. The predicted octanol–water partition coefficient (Wildman–Crippen LogP) is 4.97. The van der Waals surface area contributed by atoms with Crippen LogP contribution in [0.4, 0.5) is 10.1 Å². The molecule has 5 nitrogen and oxygen atoms in total. The van der Waals surface area contributed by atoms with Crippen LogP contribution in [0.2, 0.25) is 5.02 Å². The fourth-order valence-electron chi connectivity index (χ4n) is 7.39. The van der Waals surface area contributed by atoms with Gasteiger partial charge in [0, 0.05) is 32.8 Å². The number of rotatable bonds is 6. The first-order valence-electron chi connectivity index (χ1n) is 12.2. The average Bonchev–Trinajstić information content (AvgIpc) is 3.65. The number of anilines is 1. The van der Waals surface area contributed by atoms with Crippen molar-refractivity contribution in [2.45, 2.75) is 56.6 Å². The monoisotopic (exact) mass is 480 g/mol. The summed E-state index contributed by atoms with van der Waals surface area (Å²) in [6, 6.07) is 8.66. The molecule has 2 bridgehead atoms. The lowest BCUT2D eigenvalue weighted by Crippen LogP contribution is -2.76. The smallest absolute Gasteiger partial charge is 0.252 e. The van der Waals surface area contributed by atoms with Crippen molar-refractivity contribution >= 4 is 29.1 Å². The number of benzene rings is 2. The number of hydrogen-bond donors (Lipinski definition) is 3. The van der Waals surface area contributed by atoms with Gasteiger partial charge in [-0.1, -0.05) is 17.7 Å². The first-order chi connectivity index (χ1) is 16.3. The van der Waals surface area contributed by atoms with Crippen LogP contribution in [0.1, 0.15) is 72.5 Å². The molecule has 0 aromatic heterocycles. The third kappa shape index (κ3) is 2.64. The van der Waals surface area contributed by atoms with Gasteiger partial charge in [-0.25, -0.2) is 4.39 Å². The molecule has 0 spiro atoms. The van der Waals surface area contributed by atoms with E-state index in [-0.39, 0.29) is 17.2 Å². The molecule has 2 aromatic rings.